The van der Waals surface area contributed by atoms with Gasteiger partial charge in [-0.15, -0.1) is 0 Å². The Labute approximate surface area is 185 Å². The number of Topliss-reactive ketones (excluding diaryl/α,β-unsaturated/α-hetero) is 1. The number of hydrogen-bond donors (Lipinski definition) is 1. The topological polar surface area (TPSA) is 105 Å². The molecule has 0 aliphatic heterocycles. The molecule has 0 saturated carbocycles. The number of halogens is 2. The van der Waals surface area contributed by atoms with Gasteiger partial charge in [-0.05, 0) is 42.0 Å². The molecule has 3 aromatic rings. The van der Waals surface area contributed by atoms with E-state index in [9.17, 15) is 15.3 Å². The number of nitrogens with zero attached hydrogens (tertiary/aromatic N) is 2. The van der Waals surface area contributed by atoms with Crippen molar-refractivity contribution in [3.05, 3.63) is 74.7 Å². The van der Waals surface area contributed by atoms with E-state index in [2.05, 4.69) is 33.1 Å². The molecule has 3 rings (SSSR count). The number of nitriles is 2. The average Bonchev–Trinajstić information content (AvgIpc) is 2.72. The predicted molar refractivity (Wildman–Crippen MR) is 116 cm³/mol. The Bertz CT molecular complexity index is 1170. The number of carbonyl (C=O) groups is 1. The van der Waals surface area contributed by atoms with Crippen LogP contribution in [0.5, 0.6) is 0 Å². The van der Waals surface area contributed by atoms with Crippen LogP contribution >= 0.6 is 39.3 Å². The van der Waals surface area contributed by atoms with Crippen molar-refractivity contribution in [1.29, 1.82) is 10.5 Å². The molecule has 5 nitrogen and oxygen atoms in total. The minimum atomic E-state index is -0.114. The van der Waals surface area contributed by atoms with Crippen LogP contribution in [0.15, 0.2) is 58.0 Å². The monoisotopic (exact) mass is 483 g/mol. The van der Waals surface area contributed by atoms with Crippen LogP contribution in [0.4, 0.5) is 5.82 Å². The minimum absolute atomic E-state index is 0.0952. The molecule has 0 fully saturated rings. The number of thioether (sulfide) groups is 1. The van der Waals surface area contributed by atoms with Gasteiger partial charge in [0, 0.05) is 20.6 Å². The molecule has 0 aliphatic rings. The molecule has 0 amide bonds. The largest absolute Gasteiger partial charge is 0.293 e. The molecule has 0 aliphatic carbocycles. The summed E-state index contributed by atoms with van der Waals surface area (Å²) in [5.41, 5.74) is 8.17. The molecular formula is C21H13BrClN4OS+. The van der Waals surface area contributed by atoms with Gasteiger partial charge in [0.25, 0.3) is 5.82 Å². The highest BCUT2D eigenvalue weighted by atomic mass is 79.9. The lowest BCUT2D eigenvalue weighted by Crippen LogP contribution is -2.19. The summed E-state index contributed by atoms with van der Waals surface area (Å²) in [7, 11) is 0. The van der Waals surface area contributed by atoms with Crippen molar-refractivity contribution in [3.8, 4) is 23.3 Å². The van der Waals surface area contributed by atoms with Crippen molar-refractivity contribution in [1.82, 2.24) is 0 Å². The molecule has 142 valence electrons. The van der Waals surface area contributed by atoms with Crippen molar-refractivity contribution in [2.75, 3.05) is 11.5 Å². The lowest BCUT2D eigenvalue weighted by atomic mass is 9.97. The number of aromatic nitrogens is 1. The fourth-order valence-corrected chi connectivity index (χ4v) is 4.02. The van der Waals surface area contributed by atoms with Crippen LogP contribution in [-0.2, 0) is 0 Å². The van der Waals surface area contributed by atoms with Gasteiger partial charge in [-0.1, -0.05) is 51.4 Å². The van der Waals surface area contributed by atoms with Gasteiger partial charge < -0.3 is 0 Å². The van der Waals surface area contributed by atoms with Gasteiger partial charge in [0.05, 0.1) is 5.75 Å². The summed E-state index contributed by atoms with van der Waals surface area (Å²) in [5, 5.41) is 20.4. The highest BCUT2D eigenvalue weighted by Gasteiger charge is 2.24. The van der Waals surface area contributed by atoms with Crippen LogP contribution in [-0.4, -0.2) is 11.5 Å². The van der Waals surface area contributed by atoms with Crippen LogP contribution < -0.4 is 10.7 Å². The average molecular weight is 485 g/mol. The lowest BCUT2D eigenvalue weighted by molar-refractivity contribution is -0.410. The minimum Gasteiger partial charge on any atom is -0.293 e. The Morgan fingerprint density at radius 3 is 2.28 bits per heavy atom. The second-order valence-corrected chi connectivity index (χ2v) is 8.28. The van der Waals surface area contributed by atoms with Crippen molar-refractivity contribution in [2.45, 2.75) is 5.03 Å². The number of nitrogens with two attached hydrogens (primary N) is 1. The second-order valence-electron chi connectivity index (χ2n) is 5.94. The summed E-state index contributed by atoms with van der Waals surface area (Å²) in [4.78, 5) is 15.4. The number of carbonyl (C=O) groups excluding carboxylic acids is 1. The molecule has 8 heteroatoms. The van der Waals surface area contributed by atoms with E-state index >= 15 is 0 Å². The lowest BCUT2D eigenvalue weighted by Gasteiger charge is -2.10. The van der Waals surface area contributed by atoms with E-state index in [-0.39, 0.29) is 28.5 Å². The van der Waals surface area contributed by atoms with Crippen LogP contribution in [0.3, 0.4) is 0 Å². The third-order valence-corrected chi connectivity index (χ3v) is 5.90. The smallest absolute Gasteiger partial charge is 0.289 e. The number of ketones is 1. The Balaban J connectivity index is 2.00. The first-order valence-corrected chi connectivity index (χ1v) is 10.5. The molecule has 29 heavy (non-hydrogen) atoms. The number of H-pyrrole nitrogens is 1. The van der Waals surface area contributed by atoms with Crippen LogP contribution in [0.2, 0.25) is 5.02 Å². The molecule has 0 unspecified atom stereocenters. The molecule has 1 aromatic heterocycles. The quantitative estimate of drug-likeness (QED) is 0.410. The van der Waals surface area contributed by atoms with Crippen molar-refractivity contribution in [2.24, 2.45) is 0 Å². The molecule has 2 aromatic carbocycles. The standard InChI is InChI=1S/C21H12BrClN4OS/c22-14-5-1-13(2-6-14)19-16(9-24)20(26)27-21(17(19)10-25)29-11-18(28)12-3-7-15(23)8-4-12/h1-8H,11H2,(H2,26,27)/p+1. The normalized spacial score (nSPS) is 10.2. The number of aromatic amines is 1. The van der Waals surface area contributed by atoms with Crippen LogP contribution in [0.1, 0.15) is 21.5 Å². The Kier molecular flexibility index (Phi) is 6.56. The van der Waals surface area contributed by atoms with E-state index in [1.807, 2.05) is 12.1 Å². The molecule has 1 heterocycles. The zero-order valence-corrected chi connectivity index (χ0v) is 18.0. The Morgan fingerprint density at radius 2 is 1.69 bits per heavy atom. The number of hydrogen-bond acceptors (Lipinski definition) is 5. The van der Waals surface area contributed by atoms with Crippen molar-refractivity contribution < 1.29 is 9.78 Å². The number of nitrogen functional groups attached to an aromatic ring is 1. The van der Waals surface area contributed by atoms with Gasteiger partial charge in [0.1, 0.15) is 23.3 Å². The maximum atomic E-state index is 12.5. The van der Waals surface area contributed by atoms with Crippen LogP contribution in [0, 0.1) is 22.7 Å². The first-order valence-electron chi connectivity index (χ1n) is 8.31. The predicted octanol–water partition coefficient (Wildman–Crippen LogP) is 4.88. The highest BCUT2D eigenvalue weighted by Crippen LogP contribution is 2.34. The molecule has 0 spiro atoms. The van der Waals surface area contributed by atoms with E-state index in [0.29, 0.717) is 26.7 Å². The Hall–Kier alpha value is -2.84. The molecule has 3 N–H and O–H groups in total. The maximum absolute atomic E-state index is 12.5. The fourth-order valence-electron chi connectivity index (χ4n) is 2.71. The SMILES string of the molecule is N#Cc1c(N)[nH+]c(SCC(=O)c2ccc(Cl)cc2)c(C#N)c1-c1ccc(Br)cc1. The second kappa shape index (κ2) is 9.11. The first-order chi connectivity index (χ1) is 13.9. The van der Waals surface area contributed by atoms with Gasteiger partial charge >= 0.3 is 0 Å². The number of benzene rings is 2. The van der Waals surface area contributed by atoms with Gasteiger partial charge in [-0.25, -0.2) is 4.98 Å². The zero-order valence-electron chi connectivity index (χ0n) is 14.9. The van der Waals surface area contributed by atoms with Crippen molar-refractivity contribution >= 4 is 50.9 Å². The first kappa shape index (κ1) is 20.9. The maximum Gasteiger partial charge on any atom is 0.289 e. The molecule has 0 bridgehead atoms. The highest BCUT2D eigenvalue weighted by molar-refractivity contribution is 9.10. The van der Waals surface area contributed by atoms with Gasteiger partial charge in [0.2, 0.25) is 0 Å². The van der Waals surface area contributed by atoms with Gasteiger partial charge in [-0.2, -0.15) is 10.5 Å². The number of anilines is 1. The van der Waals surface area contributed by atoms with Gasteiger partial charge in [-0.3, -0.25) is 10.5 Å². The number of rotatable bonds is 5. The third kappa shape index (κ3) is 4.60. The van der Waals surface area contributed by atoms with Crippen LogP contribution in [0.25, 0.3) is 11.1 Å². The molecule has 0 atom stereocenters. The fraction of sp³-hybridized carbons (Fsp3) is 0.0476. The summed E-state index contributed by atoms with van der Waals surface area (Å²) in [6.45, 7) is 0. The van der Waals surface area contributed by atoms with E-state index in [1.54, 1.807) is 36.4 Å². The van der Waals surface area contributed by atoms with E-state index in [0.717, 1.165) is 16.2 Å². The van der Waals surface area contributed by atoms with Crippen molar-refractivity contribution in [3.63, 3.8) is 0 Å². The summed E-state index contributed by atoms with van der Waals surface area (Å²) in [6.07, 6.45) is 0. The van der Waals surface area contributed by atoms with E-state index < -0.39 is 0 Å². The molecular weight excluding hydrogens is 472 g/mol. The number of pyridine rings is 1. The Morgan fingerprint density at radius 1 is 1.07 bits per heavy atom. The third-order valence-electron chi connectivity index (χ3n) is 4.11. The summed E-state index contributed by atoms with van der Waals surface area (Å²) in [6, 6.07) is 18.1. The molecule has 0 radical (unpaired) electrons. The molecule has 0 saturated heterocycles. The summed E-state index contributed by atoms with van der Waals surface area (Å²) >= 11 is 10.4. The number of nitrogens with one attached hydrogen (secondary N) is 1. The van der Waals surface area contributed by atoms with E-state index in [4.69, 9.17) is 17.3 Å². The summed E-state index contributed by atoms with van der Waals surface area (Å²) < 4.78 is 0.872. The summed E-state index contributed by atoms with van der Waals surface area (Å²) in [5.74, 6) is 0.126. The van der Waals surface area contributed by atoms with Gasteiger partial charge in [0.15, 0.2) is 10.8 Å². The van der Waals surface area contributed by atoms with E-state index in [1.165, 1.54) is 0 Å². The zero-order chi connectivity index (χ0) is 21.0.